The Morgan fingerprint density at radius 1 is 1.03 bits per heavy atom. The highest BCUT2D eigenvalue weighted by Gasteiger charge is 2.27. The van der Waals surface area contributed by atoms with E-state index in [9.17, 15) is 4.79 Å². The van der Waals surface area contributed by atoms with Crippen LogP contribution >= 0.6 is 11.8 Å². The summed E-state index contributed by atoms with van der Waals surface area (Å²) in [7, 11) is 0. The first-order chi connectivity index (χ1) is 15.7. The van der Waals surface area contributed by atoms with E-state index in [1.54, 1.807) is 36.0 Å². The van der Waals surface area contributed by atoms with E-state index in [0.29, 0.717) is 29.4 Å². The Bertz CT molecular complexity index is 1360. The fourth-order valence-corrected chi connectivity index (χ4v) is 4.77. The van der Waals surface area contributed by atoms with Crippen molar-refractivity contribution in [2.75, 3.05) is 11.4 Å². The molecule has 0 radical (unpaired) electrons. The Balaban J connectivity index is 1.54. The lowest BCUT2D eigenvalue weighted by atomic mass is 10.1. The third kappa shape index (κ3) is 3.55. The minimum atomic E-state index is 0.0177. The van der Waals surface area contributed by atoms with Crippen LogP contribution in [0.3, 0.4) is 0 Å². The molecule has 2 heterocycles. The second-order valence-electron chi connectivity index (χ2n) is 7.35. The minimum absolute atomic E-state index is 0.0177. The molecule has 0 saturated carbocycles. The maximum atomic E-state index is 13.2. The predicted molar refractivity (Wildman–Crippen MR) is 122 cm³/mol. The largest absolute Gasteiger partial charge is 0.334 e. The van der Waals surface area contributed by atoms with Gasteiger partial charge in [-0.1, -0.05) is 36.0 Å². The van der Waals surface area contributed by atoms with Crippen molar-refractivity contribution >= 4 is 23.4 Å². The van der Waals surface area contributed by atoms with Gasteiger partial charge in [-0.15, -0.1) is 0 Å². The Labute approximate surface area is 189 Å². The van der Waals surface area contributed by atoms with Crippen LogP contribution in [0.15, 0.2) is 81.0 Å². The van der Waals surface area contributed by atoms with Crippen LogP contribution in [0.25, 0.3) is 22.8 Å². The number of carbonyl (C=O) groups excluding carboxylic acids is 1. The maximum Gasteiger partial charge on any atom is 0.259 e. The Hall–Kier alpha value is -3.89. The van der Waals surface area contributed by atoms with Crippen LogP contribution in [0.1, 0.15) is 29.3 Å². The second kappa shape index (κ2) is 8.33. The van der Waals surface area contributed by atoms with E-state index in [1.165, 1.54) is 0 Å². The van der Waals surface area contributed by atoms with Crippen molar-refractivity contribution in [2.45, 2.75) is 23.1 Å². The number of carbonyl (C=O) groups is 1. The molecule has 5 rings (SSSR count). The molecule has 1 aromatic heterocycles. The number of fused-ring (bicyclic) bond motifs is 2. The number of nitriles is 1. The van der Waals surface area contributed by atoms with Crippen LogP contribution in [0, 0.1) is 11.3 Å². The van der Waals surface area contributed by atoms with Crippen LogP contribution in [0.2, 0.25) is 0 Å². The topological polar surface area (TPSA) is 83.0 Å². The van der Waals surface area contributed by atoms with Crippen molar-refractivity contribution in [1.82, 2.24) is 10.1 Å². The van der Waals surface area contributed by atoms with Gasteiger partial charge in [-0.3, -0.25) is 4.79 Å². The van der Waals surface area contributed by atoms with Crippen molar-refractivity contribution < 1.29 is 9.32 Å². The van der Waals surface area contributed by atoms with Crippen LogP contribution < -0.4 is 4.90 Å². The van der Waals surface area contributed by atoms with Crippen LogP contribution in [-0.2, 0) is 0 Å². The van der Waals surface area contributed by atoms with E-state index in [4.69, 9.17) is 9.78 Å². The average Bonchev–Trinajstić information content (AvgIpc) is 3.29. The molecular weight excluding hydrogens is 420 g/mol. The molecule has 0 bridgehead atoms. The molecule has 4 aromatic rings. The first kappa shape index (κ1) is 20.0. The zero-order chi connectivity index (χ0) is 22.1. The van der Waals surface area contributed by atoms with Gasteiger partial charge in [0, 0.05) is 27.5 Å². The van der Waals surface area contributed by atoms with E-state index >= 15 is 0 Å². The van der Waals surface area contributed by atoms with E-state index < -0.39 is 0 Å². The lowest BCUT2D eigenvalue weighted by Crippen LogP contribution is -2.31. The molecule has 3 aromatic carbocycles. The molecule has 1 amide bonds. The summed E-state index contributed by atoms with van der Waals surface area (Å²) in [6.45, 7) is 2.71. The molecule has 0 unspecified atom stereocenters. The number of rotatable bonds is 4. The quantitative estimate of drug-likeness (QED) is 0.401. The van der Waals surface area contributed by atoms with Crippen molar-refractivity contribution in [3.63, 3.8) is 0 Å². The summed E-state index contributed by atoms with van der Waals surface area (Å²) in [6, 6.07) is 22.7. The van der Waals surface area contributed by atoms with Crippen molar-refractivity contribution in [3.8, 4) is 28.9 Å². The van der Waals surface area contributed by atoms with Gasteiger partial charge in [0.15, 0.2) is 0 Å². The van der Waals surface area contributed by atoms with Crippen molar-refractivity contribution in [3.05, 3.63) is 77.9 Å². The number of nitrogens with zero attached hydrogens (tertiary/aromatic N) is 4. The zero-order valence-corrected chi connectivity index (χ0v) is 18.1. The lowest BCUT2D eigenvalue weighted by molar-refractivity contribution is 0.0984. The van der Waals surface area contributed by atoms with E-state index in [2.05, 4.69) is 23.1 Å². The average molecular weight is 439 g/mol. The maximum absolute atomic E-state index is 13.2. The molecule has 0 atom stereocenters. The molecule has 1 aliphatic heterocycles. The zero-order valence-electron chi connectivity index (χ0n) is 17.3. The number of benzene rings is 3. The van der Waals surface area contributed by atoms with Crippen molar-refractivity contribution in [2.24, 2.45) is 0 Å². The lowest BCUT2D eigenvalue weighted by Gasteiger charge is -2.22. The smallest absolute Gasteiger partial charge is 0.259 e. The summed E-state index contributed by atoms with van der Waals surface area (Å²) >= 11 is 1.57. The SMILES string of the molecule is CCCN1C(=O)c2ccccc2Sc2cc(-c3noc(-c4ccc(C#N)cc4)n3)ccc21. The third-order valence-electron chi connectivity index (χ3n) is 5.23. The van der Waals surface area contributed by atoms with Gasteiger partial charge in [0.05, 0.1) is 22.9 Å². The van der Waals surface area contributed by atoms with E-state index in [-0.39, 0.29) is 5.91 Å². The Morgan fingerprint density at radius 2 is 1.81 bits per heavy atom. The Kier molecular flexibility index (Phi) is 5.21. The summed E-state index contributed by atoms with van der Waals surface area (Å²) in [4.78, 5) is 21.5. The second-order valence-corrected chi connectivity index (χ2v) is 8.43. The van der Waals surface area contributed by atoms with Gasteiger partial charge in [-0.05, 0) is 61.0 Å². The van der Waals surface area contributed by atoms with Gasteiger partial charge >= 0.3 is 0 Å². The van der Waals surface area contributed by atoms with Gasteiger partial charge in [0.2, 0.25) is 5.82 Å². The van der Waals surface area contributed by atoms with Crippen molar-refractivity contribution in [1.29, 1.82) is 5.26 Å². The van der Waals surface area contributed by atoms with E-state index in [1.807, 2.05) is 47.4 Å². The first-order valence-corrected chi connectivity index (χ1v) is 11.1. The third-order valence-corrected chi connectivity index (χ3v) is 6.35. The summed E-state index contributed by atoms with van der Waals surface area (Å²) < 4.78 is 5.47. The number of aromatic nitrogens is 2. The minimum Gasteiger partial charge on any atom is -0.334 e. The molecular formula is C25H18N4O2S. The van der Waals surface area contributed by atoms with Crippen LogP contribution in [-0.4, -0.2) is 22.6 Å². The highest BCUT2D eigenvalue weighted by Crippen LogP contribution is 2.43. The summed E-state index contributed by atoms with van der Waals surface area (Å²) in [5.41, 5.74) is 3.73. The van der Waals surface area contributed by atoms with Gasteiger partial charge in [0.25, 0.3) is 11.8 Å². The summed E-state index contributed by atoms with van der Waals surface area (Å²) in [5.74, 6) is 0.878. The fourth-order valence-electron chi connectivity index (χ4n) is 3.65. The molecule has 0 N–H and O–H groups in total. The fraction of sp³-hybridized carbons (Fsp3) is 0.120. The molecule has 7 heteroatoms. The molecule has 32 heavy (non-hydrogen) atoms. The number of anilines is 1. The number of hydrogen-bond donors (Lipinski definition) is 0. The molecule has 156 valence electrons. The summed E-state index contributed by atoms with van der Waals surface area (Å²) in [6.07, 6.45) is 0.860. The molecule has 1 aliphatic rings. The van der Waals surface area contributed by atoms with Crippen LogP contribution in [0.5, 0.6) is 0 Å². The molecule has 0 spiro atoms. The van der Waals surface area contributed by atoms with Gasteiger partial charge < -0.3 is 9.42 Å². The highest BCUT2D eigenvalue weighted by atomic mass is 32.2. The molecule has 0 saturated heterocycles. The van der Waals surface area contributed by atoms with Gasteiger partial charge in [0.1, 0.15) is 0 Å². The Morgan fingerprint density at radius 3 is 2.59 bits per heavy atom. The van der Waals surface area contributed by atoms with E-state index in [0.717, 1.165) is 33.0 Å². The molecule has 0 fully saturated rings. The standard InChI is InChI=1S/C25H18N4O2S/c1-2-13-29-20-12-11-18(14-22(20)32-21-6-4-3-5-19(21)25(29)30)23-27-24(31-28-23)17-9-7-16(15-26)8-10-17/h3-12,14H,2,13H2,1H3. The summed E-state index contributed by atoms with van der Waals surface area (Å²) in [5, 5.41) is 13.1. The molecule has 6 nitrogen and oxygen atoms in total. The normalized spacial score (nSPS) is 12.6. The number of hydrogen-bond acceptors (Lipinski definition) is 6. The van der Waals surface area contributed by atoms with Crippen LogP contribution in [0.4, 0.5) is 5.69 Å². The predicted octanol–water partition coefficient (Wildman–Crippen LogP) is 5.80. The first-order valence-electron chi connectivity index (χ1n) is 10.3. The van der Waals surface area contributed by atoms with Gasteiger partial charge in [-0.25, -0.2) is 0 Å². The monoisotopic (exact) mass is 438 g/mol. The highest BCUT2D eigenvalue weighted by molar-refractivity contribution is 7.99. The molecule has 0 aliphatic carbocycles. The van der Waals surface area contributed by atoms with Gasteiger partial charge in [-0.2, -0.15) is 10.2 Å². The number of amides is 1.